The van der Waals surface area contributed by atoms with E-state index < -0.39 is 0 Å². The molecular formula is C13H18N2O3. The number of hydrogen-bond acceptors (Lipinski definition) is 5. The van der Waals surface area contributed by atoms with E-state index in [1.165, 1.54) is 7.11 Å². The number of pyridine rings is 1. The Morgan fingerprint density at radius 3 is 3.00 bits per heavy atom. The number of nitrogens with one attached hydrogen (secondary N) is 1. The SMILES string of the molecule is CCOC1CC(Nc2cc(C(=O)OC)ccn2)C1. The smallest absolute Gasteiger partial charge is 0.338 e. The topological polar surface area (TPSA) is 60.5 Å². The maximum Gasteiger partial charge on any atom is 0.338 e. The van der Waals surface area contributed by atoms with Gasteiger partial charge < -0.3 is 14.8 Å². The van der Waals surface area contributed by atoms with Crippen molar-refractivity contribution in [3.63, 3.8) is 0 Å². The molecule has 1 aliphatic rings. The second kappa shape index (κ2) is 5.82. The number of nitrogens with zero attached hydrogens (tertiary/aromatic N) is 1. The van der Waals surface area contributed by atoms with Gasteiger partial charge in [-0.2, -0.15) is 0 Å². The Morgan fingerprint density at radius 2 is 2.33 bits per heavy atom. The molecule has 1 heterocycles. The molecule has 0 bridgehead atoms. The van der Waals surface area contributed by atoms with Crippen LogP contribution in [0, 0.1) is 0 Å². The van der Waals surface area contributed by atoms with Crippen molar-refractivity contribution >= 4 is 11.8 Å². The summed E-state index contributed by atoms with van der Waals surface area (Å²) >= 11 is 0. The first kappa shape index (κ1) is 12.8. The highest BCUT2D eigenvalue weighted by atomic mass is 16.5. The van der Waals surface area contributed by atoms with Gasteiger partial charge in [0.25, 0.3) is 0 Å². The predicted octanol–water partition coefficient (Wildman–Crippen LogP) is 1.85. The quantitative estimate of drug-likeness (QED) is 0.808. The minimum absolute atomic E-state index is 0.346. The van der Waals surface area contributed by atoms with Gasteiger partial charge in [-0.25, -0.2) is 9.78 Å². The van der Waals surface area contributed by atoms with Gasteiger partial charge in [0.15, 0.2) is 0 Å². The summed E-state index contributed by atoms with van der Waals surface area (Å²) in [5.41, 5.74) is 0.510. The summed E-state index contributed by atoms with van der Waals surface area (Å²) < 4.78 is 10.2. The largest absolute Gasteiger partial charge is 0.465 e. The summed E-state index contributed by atoms with van der Waals surface area (Å²) in [6, 6.07) is 3.72. The van der Waals surface area contributed by atoms with E-state index in [1.54, 1.807) is 18.3 Å². The Kier molecular flexibility index (Phi) is 4.15. The van der Waals surface area contributed by atoms with Crippen LogP contribution in [0.15, 0.2) is 18.3 Å². The minimum Gasteiger partial charge on any atom is -0.465 e. The van der Waals surface area contributed by atoms with Gasteiger partial charge in [0.05, 0.1) is 18.8 Å². The van der Waals surface area contributed by atoms with Crippen molar-refractivity contribution < 1.29 is 14.3 Å². The lowest BCUT2D eigenvalue weighted by atomic mass is 9.89. The second-order valence-corrected chi connectivity index (χ2v) is 4.31. The van der Waals surface area contributed by atoms with Crippen LogP contribution >= 0.6 is 0 Å². The van der Waals surface area contributed by atoms with Crippen molar-refractivity contribution in [3.8, 4) is 0 Å². The highest BCUT2D eigenvalue weighted by Crippen LogP contribution is 2.26. The van der Waals surface area contributed by atoms with E-state index in [4.69, 9.17) is 4.74 Å². The van der Waals surface area contributed by atoms with Crippen LogP contribution in [0.4, 0.5) is 5.82 Å². The third-order valence-corrected chi connectivity index (χ3v) is 3.03. The van der Waals surface area contributed by atoms with Crippen LogP contribution in [-0.4, -0.2) is 36.8 Å². The van der Waals surface area contributed by atoms with Gasteiger partial charge in [0.1, 0.15) is 5.82 Å². The molecule has 5 nitrogen and oxygen atoms in total. The molecule has 1 N–H and O–H groups in total. The van der Waals surface area contributed by atoms with Gasteiger partial charge in [-0.1, -0.05) is 0 Å². The summed E-state index contributed by atoms with van der Waals surface area (Å²) in [6.07, 6.45) is 3.93. The van der Waals surface area contributed by atoms with Gasteiger partial charge in [-0.15, -0.1) is 0 Å². The van der Waals surface area contributed by atoms with E-state index in [0.29, 0.717) is 23.5 Å². The number of anilines is 1. The van der Waals surface area contributed by atoms with Crippen molar-refractivity contribution in [2.75, 3.05) is 19.0 Å². The lowest BCUT2D eigenvalue weighted by molar-refractivity contribution is 0.00291. The Labute approximate surface area is 107 Å². The highest BCUT2D eigenvalue weighted by Gasteiger charge is 2.29. The first-order valence-corrected chi connectivity index (χ1v) is 6.15. The number of esters is 1. The molecule has 0 saturated heterocycles. The van der Waals surface area contributed by atoms with Crippen LogP contribution in [0.2, 0.25) is 0 Å². The number of ether oxygens (including phenoxy) is 2. The van der Waals surface area contributed by atoms with Gasteiger partial charge in [-0.05, 0) is 31.9 Å². The first-order valence-electron chi connectivity index (χ1n) is 6.15. The molecule has 0 unspecified atom stereocenters. The average Bonchev–Trinajstić information content (AvgIpc) is 2.36. The van der Waals surface area contributed by atoms with Crippen LogP contribution < -0.4 is 5.32 Å². The summed E-state index contributed by atoms with van der Waals surface area (Å²) in [5, 5.41) is 3.29. The van der Waals surface area contributed by atoms with E-state index in [0.717, 1.165) is 19.4 Å². The monoisotopic (exact) mass is 250 g/mol. The molecule has 1 saturated carbocycles. The van der Waals surface area contributed by atoms with Gasteiger partial charge in [0, 0.05) is 18.8 Å². The number of rotatable bonds is 5. The molecular weight excluding hydrogens is 232 g/mol. The fourth-order valence-electron chi connectivity index (χ4n) is 2.02. The molecule has 0 aromatic carbocycles. The van der Waals surface area contributed by atoms with E-state index in [-0.39, 0.29) is 5.97 Å². The lowest BCUT2D eigenvalue weighted by Gasteiger charge is -2.35. The third kappa shape index (κ3) is 2.98. The van der Waals surface area contributed by atoms with E-state index >= 15 is 0 Å². The number of hydrogen-bond donors (Lipinski definition) is 1. The Balaban J connectivity index is 1.89. The molecule has 0 aliphatic heterocycles. The van der Waals surface area contributed by atoms with Crippen LogP contribution in [0.25, 0.3) is 0 Å². The molecule has 2 rings (SSSR count). The van der Waals surface area contributed by atoms with E-state index in [2.05, 4.69) is 15.0 Å². The Bertz CT molecular complexity index is 416. The maximum atomic E-state index is 11.4. The Hall–Kier alpha value is -1.62. The summed E-state index contributed by atoms with van der Waals surface area (Å²) in [5.74, 6) is 0.360. The molecule has 18 heavy (non-hydrogen) atoms. The molecule has 0 radical (unpaired) electrons. The molecule has 1 aromatic rings. The first-order chi connectivity index (χ1) is 8.72. The van der Waals surface area contributed by atoms with E-state index in [1.807, 2.05) is 6.92 Å². The molecule has 0 spiro atoms. The fourth-order valence-corrected chi connectivity index (χ4v) is 2.02. The number of carbonyl (C=O) groups excluding carboxylic acids is 1. The minimum atomic E-state index is -0.346. The van der Waals surface area contributed by atoms with Crippen molar-refractivity contribution in [3.05, 3.63) is 23.9 Å². The zero-order valence-electron chi connectivity index (χ0n) is 10.7. The molecule has 0 atom stereocenters. The number of methoxy groups -OCH3 is 1. The van der Waals surface area contributed by atoms with Crippen molar-refractivity contribution in [1.29, 1.82) is 0 Å². The average molecular weight is 250 g/mol. The predicted molar refractivity (Wildman–Crippen MR) is 67.6 cm³/mol. The molecule has 1 aliphatic carbocycles. The normalized spacial score (nSPS) is 22.1. The molecule has 1 fully saturated rings. The van der Waals surface area contributed by atoms with E-state index in [9.17, 15) is 4.79 Å². The van der Waals surface area contributed by atoms with Crippen molar-refractivity contribution in [2.24, 2.45) is 0 Å². The van der Waals surface area contributed by atoms with Crippen LogP contribution in [0.1, 0.15) is 30.1 Å². The summed E-state index contributed by atoms with van der Waals surface area (Å²) in [4.78, 5) is 15.6. The van der Waals surface area contributed by atoms with Crippen LogP contribution in [0.5, 0.6) is 0 Å². The maximum absolute atomic E-state index is 11.4. The zero-order chi connectivity index (χ0) is 13.0. The van der Waals surface area contributed by atoms with Crippen LogP contribution in [-0.2, 0) is 9.47 Å². The van der Waals surface area contributed by atoms with Crippen molar-refractivity contribution in [1.82, 2.24) is 4.98 Å². The summed E-state index contributed by atoms with van der Waals surface area (Å²) in [6.45, 7) is 2.76. The standard InChI is InChI=1S/C13H18N2O3/c1-3-18-11-7-10(8-11)15-12-6-9(4-5-14-12)13(16)17-2/h4-6,10-11H,3,7-8H2,1-2H3,(H,14,15). The third-order valence-electron chi connectivity index (χ3n) is 3.03. The van der Waals surface area contributed by atoms with Gasteiger partial charge in [-0.3, -0.25) is 0 Å². The molecule has 98 valence electrons. The van der Waals surface area contributed by atoms with Gasteiger partial charge >= 0.3 is 5.97 Å². The van der Waals surface area contributed by atoms with Gasteiger partial charge in [0.2, 0.25) is 0 Å². The molecule has 1 aromatic heterocycles. The molecule has 0 amide bonds. The highest BCUT2D eigenvalue weighted by molar-refractivity contribution is 5.89. The Morgan fingerprint density at radius 1 is 1.56 bits per heavy atom. The summed E-state index contributed by atoms with van der Waals surface area (Å²) in [7, 11) is 1.37. The second-order valence-electron chi connectivity index (χ2n) is 4.31. The lowest BCUT2D eigenvalue weighted by Crippen LogP contribution is -2.41. The van der Waals surface area contributed by atoms with Crippen LogP contribution in [0.3, 0.4) is 0 Å². The number of aromatic nitrogens is 1. The zero-order valence-corrected chi connectivity index (χ0v) is 10.7. The number of carbonyl (C=O) groups is 1. The van der Waals surface area contributed by atoms with Crippen molar-refractivity contribution in [2.45, 2.75) is 31.9 Å². The fraction of sp³-hybridized carbons (Fsp3) is 0.538. The molecule has 5 heteroatoms.